The molecule has 1 atom stereocenters. The topological polar surface area (TPSA) is 86.7 Å². The van der Waals surface area contributed by atoms with Crippen LogP contribution in [0.4, 0.5) is 5.95 Å². The molecule has 3 aromatic rings. The monoisotopic (exact) mass is 307 g/mol. The number of nitrogens with one attached hydrogen (secondary N) is 1. The number of aromatic nitrogens is 2. The van der Waals surface area contributed by atoms with Gasteiger partial charge in [0.1, 0.15) is 0 Å². The Morgan fingerprint density at radius 3 is 3.00 bits per heavy atom. The van der Waals surface area contributed by atoms with Crippen LogP contribution in [0.2, 0.25) is 0 Å². The molecular formula is C16H13N5O2. The highest BCUT2D eigenvalue weighted by molar-refractivity contribution is 5.94. The van der Waals surface area contributed by atoms with Crippen molar-refractivity contribution in [2.45, 2.75) is 6.17 Å². The van der Waals surface area contributed by atoms with E-state index in [1.54, 1.807) is 0 Å². The average Bonchev–Trinajstić information content (AvgIpc) is 3.17. The Hall–Kier alpha value is -3.22. The third-order valence-electron chi connectivity index (χ3n) is 4.05. The fraction of sp³-hybridized carbons (Fsp3) is 0.125. The number of hydrogen-bond donors (Lipinski definition) is 2. The van der Waals surface area contributed by atoms with Crippen molar-refractivity contribution >= 4 is 22.9 Å². The molecule has 0 bridgehead atoms. The summed E-state index contributed by atoms with van der Waals surface area (Å²) in [6.45, 7) is 0.216. The predicted molar refractivity (Wildman–Crippen MR) is 85.7 cm³/mol. The fourth-order valence-corrected chi connectivity index (χ4v) is 3.08. The summed E-state index contributed by atoms with van der Waals surface area (Å²) in [7, 11) is 0. The smallest absolute Gasteiger partial charge is 0.231 e. The molecule has 2 aliphatic heterocycles. The highest BCUT2D eigenvalue weighted by Gasteiger charge is 2.30. The minimum Gasteiger partial charge on any atom is -0.454 e. The first-order valence-electron chi connectivity index (χ1n) is 7.27. The zero-order valence-corrected chi connectivity index (χ0v) is 12.1. The van der Waals surface area contributed by atoms with E-state index in [4.69, 9.17) is 15.2 Å². The third-order valence-corrected chi connectivity index (χ3v) is 4.05. The van der Waals surface area contributed by atoms with E-state index in [-0.39, 0.29) is 13.0 Å². The van der Waals surface area contributed by atoms with Crippen LogP contribution in [0.5, 0.6) is 11.5 Å². The van der Waals surface area contributed by atoms with Gasteiger partial charge in [-0.3, -0.25) is 9.88 Å². The van der Waals surface area contributed by atoms with Crippen LogP contribution in [0.1, 0.15) is 11.7 Å². The van der Waals surface area contributed by atoms with Gasteiger partial charge in [-0.1, -0.05) is 24.3 Å². The van der Waals surface area contributed by atoms with Gasteiger partial charge in [-0.15, -0.1) is 0 Å². The van der Waals surface area contributed by atoms with Crippen molar-refractivity contribution in [3.05, 3.63) is 48.0 Å². The van der Waals surface area contributed by atoms with E-state index in [0.29, 0.717) is 17.7 Å². The van der Waals surface area contributed by atoms with Crippen molar-refractivity contribution < 1.29 is 9.47 Å². The molecule has 5 rings (SSSR count). The number of imidazole rings is 1. The van der Waals surface area contributed by atoms with Crippen LogP contribution >= 0.6 is 0 Å². The van der Waals surface area contributed by atoms with Crippen molar-refractivity contribution in [3.8, 4) is 11.5 Å². The largest absolute Gasteiger partial charge is 0.454 e. The second-order valence-corrected chi connectivity index (χ2v) is 5.39. The third kappa shape index (κ3) is 1.70. The maximum absolute atomic E-state index is 5.96. The summed E-state index contributed by atoms with van der Waals surface area (Å²) in [6.07, 6.45) is -0.352. The van der Waals surface area contributed by atoms with Crippen LogP contribution in [-0.4, -0.2) is 22.3 Å². The molecule has 2 aliphatic rings. The minimum absolute atomic E-state index is 0.216. The summed E-state index contributed by atoms with van der Waals surface area (Å²) in [5.74, 6) is 2.43. The number of nitrogens with zero attached hydrogens (tertiary/aromatic N) is 3. The van der Waals surface area contributed by atoms with Gasteiger partial charge in [0.15, 0.2) is 23.6 Å². The second-order valence-electron chi connectivity index (χ2n) is 5.39. The lowest BCUT2D eigenvalue weighted by molar-refractivity contribution is 0.173. The van der Waals surface area contributed by atoms with E-state index < -0.39 is 0 Å². The van der Waals surface area contributed by atoms with Crippen LogP contribution in [0, 0.1) is 0 Å². The summed E-state index contributed by atoms with van der Waals surface area (Å²) >= 11 is 0. The molecule has 0 amide bonds. The molecule has 0 spiro atoms. The van der Waals surface area contributed by atoms with Gasteiger partial charge in [0.25, 0.3) is 0 Å². The molecule has 0 aliphatic carbocycles. The number of para-hydroxylation sites is 3. The van der Waals surface area contributed by atoms with Gasteiger partial charge in [-0.25, -0.2) is 9.98 Å². The van der Waals surface area contributed by atoms with Gasteiger partial charge >= 0.3 is 0 Å². The average molecular weight is 307 g/mol. The highest BCUT2D eigenvalue weighted by Crippen LogP contribution is 2.42. The van der Waals surface area contributed by atoms with Gasteiger partial charge in [0, 0.05) is 5.56 Å². The molecule has 0 saturated carbocycles. The van der Waals surface area contributed by atoms with Gasteiger partial charge in [-0.05, 0) is 18.2 Å². The standard InChI is InChI=1S/C16H13N5O2/c17-15-19-14(9-4-3-7-12-13(9)23-8-22-12)21-11-6-2-1-5-10(11)18-16(21)20-15/h1-7,14H,8H2,(H3,17,18,19,20). The predicted octanol–water partition coefficient (Wildman–Crippen LogP) is 2.05. The first kappa shape index (κ1) is 12.3. The zero-order valence-electron chi connectivity index (χ0n) is 12.1. The normalized spacial score (nSPS) is 18.4. The molecule has 0 fully saturated rings. The number of aliphatic imine (C=N–C) groups is 1. The maximum atomic E-state index is 5.96. The van der Waals surface area contributed by atoms with Crippen molar-refractivity contribution in [2.24, 2.45) is 10.7 Å². The van der Waals surface area contributed by atoms with Crippen LogP contribution in [0.25, 0.3) is 11.0 Å². The first-order chi connectivity index (χ1) is 11.3. The number of hydrogen-bond acceptors (Lipinski definition) is 6. The Bertz CT molecular complexity index is 962. The van der Waals surface area contributed by atoms with E-state index in [1.165, 1.54) is 0 Å². The molecule has 1 aromatic heterocycles. The van der Waals surface area contributed by atoms with Crippen molar-refractivity contribution in [2.75, 3.05) is 12.1 Å². The number of fused-ring (bicyclic) bond motifs is 4. The Morgan fingerprint density at radius 1 is 1.13 bits per heavy atom. The minimum atomic E-state index is -0.352. The number of nitrogens with two attached hydrogens (primary N) is 1. The van der Waals surface area contributed by atoms with E-state index >= 15 is 0 Å². The molecule has 114 valence electrons. The molecule has 7 heteroatoms. The Kier molecular flexibility index (Phi) is 2.35. The number of anilines is 1. The van der Waals surface area contributed by atoms with Crippen LogP contribution in [-0.2, 0) is 0 Å². The van der Waals surface area contributed by atoms with E-state index in [2.05, 4.69) is 15.3 Å². The van der Waals surface area contributed by atoms with Gasteiger partial charge in [0.05, 0.1) is 11.0 Å². The van der Waals surface area contributed by atoms with Crippen LogP contribution in [0.3, 0.4) is 0 Å². The van der Waals surface area contributed by atoms with Crippen molar-refractivity contribution in [3.63, 3.8) is 0 Å². The molecule has 3 N–H and O–H groups in total. The lowest BCUT2D eigenvalue weighted by Gasteiger charge is -2.24. The summed E-state index contributed by atoms with van der Waals surface area (Å²) in [5.41, 5.74) is 8.72. The molecule has 7 nitrogen and oxygen atoms in total. The summed E-state index contributed by atoms with van der Waals surface area (Å²) in [4.78, 5) is 9.16. The molecule has 2 aromatic carbocycles. The maximum Gasteiger partial charge on any atom is 0.231 e. The number of rotatable bonds is 1. The summed E-state index contributed by atoms with van der Waals surface area (Å²) in [6, 6.07) is 13.7. The van der Waals surface area contributed by atoms with E-state index in [0.717, 1.165) is 22.3 Å². The lowest BCUT2D eigenvalue weighted by atomic mass is 10.1. The van der Waals surface area contributed by atoms with Gasteiger partial charge in [0.2, 0.25) is 12.7 Å². The molecule has 0 radical (unpaired) electrons. The molecule has 0 saturated heterocycles. The second kappa shape index (κ2) is 4.39. The van der Waals surface area contributed by atoms with Crippen molar-refractivity contribution in [1.29, 1.82) is 0 Å². The Labute approximate surface area is 131 Å². The first-order valence-corrected chi connectivity index (χ1v) is 7.27. The van der Waals surface area contributed by atoms with E-state index in [1.807, 2.05) is 47.0 Å². The number of ether oxygens (including phenoxy) is 2. The van der Waals surface area contributed by atoms with Gasteiger partial charge < -0.3 is 15.2 Å². The quantitative estimate of drug-likeness (QED) is 0.718. The van der Waals surface area contributed by atoms with Gasteiger partial charge in [-0.2, -0.15) is 0 Å². The zero-order chi connectivity index (χ0) is 15.4. The SMILES string of the molecule is NC1=NC(c2cccc3c2OCO3)n2c(nc3ccccc32)N1. The van der Waals surface area contributed by atoms with Crippen LogP contribution in [0.15, 0.2) is 47.5 Å². The summed E-state index contributed by atoms with van der Waals surface area (Å²) in [5, 5.41) is 3.02. The number of guanidine groups is 1. The van der Waals surface area contributed by atoms with Crippen molar-refractivity contribution in [1.82, 2.24) is 9.55 Å². The Morgan fingerprint density at radius 2 is 2.04 bits per heavy atom. The van der Waals surface area contributed by atoms with Crippen LogP contribution < -0.4 is 20.5 Å². The van der Waals surface area contributed by atoms with E-state index in [9.17, 15) is 0 Å². The molecule has 3 heterocycles. The summed E-state index contributed by atoms with van der Waals surface area (Å²) < 4.78 is 13.1. The number of benzene rings is 2. The molecular weight excluding hydrogens is 294 g/mol. The fourth-order valence-electron chi connectivity index (χ4n) is 3.08. The lowest BCUT2D eigenvalue weighted by Crippen LogP contribution is -2.31. The Balaban J connectivity index is 1.78. The highest BCUT2D eigenvalue weighted by atomic mass is 16.7. The molecule has 1 unspecified atom stereocenters. The molecule has 23 heavy (non-hydrogen) atoms.